The van der Waals surface area contributed by atoms with Gasteiger partial charge in [-0.15, -0.1) is 0 Å². The van der Waals surface area contributed by atoms with Gasteiger partial charge in [0.2, 0.25) is 5.91 Å². The summed E-state index contributed by atoms with van der Waals surface area (Å²) in [5.41, 5.74) is 2.51. The fourth-order valence-corrected chi connectivity index (χ4v) is 5.97. The molecule has 11 nitrogen and oxygen atoms in total. The lowest BCUT2D eigenvalue weighted by Gasteiger charge is -2.37. The average molecular weight is 647 g/mol. The van der Waals surface area contributed by atoms with E-state index in [1.165, 1.54) is 12.1 Å². The largest absolute Gasteiger partial charge is 0.391 e. The summed E-state index contributed by atoms with van der Waals surface area (Å²) in [5, 5.41) is 35.3. The van der Waals surface area contributed by atoms with Gasteiger partial charge in [-0.05, 0) is 67.1 Å². The first-order valence-corrected chi connectivity index (χ1v) is 15.9. The van der Waals surface area contributed by atoms with Crippen molar-refractivity contribution in [1.29, 1.82) is 0 Å². The van der Waals surface area contributed by atoms with E-state index in [-0.39, 0.29) is 35.1 Å². The van der Waals surface area contributed by atoms with Crippen molar-refractivity contribution in [1.82, 2.24) is 20.9 Å². The van der Waals surface area contributed by atoms with E-state index in [9.17, 15) is 24.8 Å². The number of nitrogens with one attached hydrogen (secondary N) is 4. The molecule has 1 aliphatic heterocycles. The first-order valence-electron chi connectivity index (χ1n) is 15.5. The van der Waals surface area contributed by atoms with Crippen LogP contribution in [-0.2, 0) is 17.6 Å². The molecule has 0 aliphatic carbocycles. The van der Waals surface area contributed by atoms with Crippen LogP contribution in [0, 0.1) is 16.0 Å². The fourth-order valence-electron chi connectivity index (χ4n) is 5.70. The highest BCUT2D eigenvalue weighted by atomic mass is 32.1. The van der Waals surface area contributed by atoms with Gasteiger partial charge in [0, 0.05) is 37.0 Å². The third-order valence-electron chi connectivity index (χ3n) is 7.96. The molecular weight excluding hydrogens is 604 g/mol. The molecule has 1 heterocycles. The Balaban J connectivity index is 1.53. The van der Waals surface area contributed by atoms with Crippen LogP contribution < -0.4 is 21.3 Å². The molecule has 12 heteroatoms. The Labute approximate surface area is 274 Å². The van der Waals surface area contributed by atoms with Crippen molar-refractivity contribution in [3.63, 3.8) is 0 Å². The predicted octanol–water partition coefficient (Wildman–Crippen LogP) is 4.41. The number of benzene rings is 3. The van der Waals surface area contributed by atoms with Crippen LogP contribution in [0.3, 0.4) is 0 Å². The summed E-state index contributed by atoms with van der Waals surface area (Å²) >= 11 is 5.59. The lowest BCUT2D eigenvalue weighted by molar-refractivity contribution is -0.384. The molecular formula is C34H42N6O5S. The third kappa shape index (κ3) is 9.98. The van der Waals surface area contributed by atoms with Gasteiger partial charge in [0.05, 0.1) is 17.1 Å². The molecule has 5 N–H and O–H groups in total. The van der Waals surface area contributed by atoms with Gasteiger partial charge in [-0.25, -0.2) is 4.79 Å². The summed E-state index contributed by atoms with van der Waals surface area (Å²) in [7, 11) is 0. The SMILES string of the molecule is CC(C)[C@@H](C(=O)N[C@@H](Cc1ccccc1)C[C@H](O)C(Cc1ccccc1)NC(=S)Nc1ccc([N+](=O)[O-])cc1)N1CCCNC1=O. The second-order valence-electron chi connectivity index (χ2n) is 11.9. The molecule has 3 aromatic carbocycles. The first kappa shape index (κ1) is 34.3. The molecule has 3 amide bonds. The molecule has 0 aromatic heterocycles. The molecule has 0 saturated carbocycles. The predicted molar refractivity (Wildman–Crippen MR) is 182 cm³/mol. The van der Waals surface area contributed by atoms with Gasteiger partial charge in [0.15, 0.2) is 5.11 Å². The molecule has 0 bridgehead atoms. The molecule has 4 rings (SSSR count). The minimum Gasteiger partial charge on any atom is -0.391 e. The maximum absolute atomic E-state index is 13.8. The molecule has 46 heavy (non-hydrogen) atoms. The number of hydrogen-bond acceptors (Lipinski definition) is 6. The summed E-state index contributed by atoms with van der Waals surface area (Å²) in [4.78, 5) is 38.7. The first-order chi connectivity index (χ1) is 22.1. The number of thiocarbonyl (C=S) groups is 1. The van der Waals surface area contributed by atoms with Gasteiger partial charge in [0.1, 0.15) is 6.04 Å². The van der Waals surface area contributed by atoms with Crippen molar-refractivity contribution in [3.8, 4) is 0 Å². The Bertz CT molecular complexity index is 1460. The summed E-state index contributed by atoms with van der Waals surface area (Å²) in [6.45, 7) is 4.93. The molecule has 4 atom stereocenters. The zero-order chi connectivity index (χ0) is 33.1. The van der Waals surface area contributed by atoms with Crippen LogP contribution >= 0.6 is 12.2 Å². The van der Waals surface area contributed by atoms with Gasteiger partial charge in [-0.1, -0.05) is 74.5 Å². The Hall–Kier alpha value is -4.55. The lowest BCUT2D eigenvalue weighted by Crippen LogP contribution is -2.59. The monoisotopic (exact) mass is 646 g/mol. The topological polar surface area (TPSA) is 149 Å². The number of nitro benzene ring substituents is 1. The molecule has 244 valence electrons. The van der Waals surface area contributed by atoms with Gasteiger partial charge in [-0.2, -0.15) is 0 Å². The summed E-state index contributed by atoms with van der Waals surface area (Å²) in [5.74, 6) is -0.385. The summed E-state index contributed by atoms with van der Waals surface area (Å²) in [6, 6.07) is 23.4. The van der Waals surface area contributed by atoms with Gasteiger partial charge < -0.3 is 31.3 Å². The van der Waals surface area contributed by atoms with Gasteiger partial charge in [-0.3, -0.25) is 14.9 Å². The van der Waals surface area contributed by atoms with E-state index < -0.39 is 29.2 Å². The molecule has 1 unspecified atom stereocenters. The van der Waals surface area contributed by atoms with Crippen molar-refractivity contribution in [3.05, 3.63) is 106 Å². The van der Waals surface area contributed by atoms with E-state index in [1.807, 2.05) is 74.5 Å². The van der Waals surface area contributed by atoms with Crippen LogP contribution in [0.1, 0.15) is 37.8 Å². The van der Waals surface area contributed by atoms with Crippen molar-refractivity contribution < 1.29 is 19.6 Å². The van der Waals surface area contributed by atoms with E-state index in [2.05, 4.69) is 21.3 Å². The molecule has 1 saturated heterocycles. The van der Waals surface area contributed by atoms with E-state index in [1.54, 1.807) is 17.0 Å². The second kappa shape index (κ2) is 16.7. The van der Waals surface area contributed by atoms with Crippen LogP contribution in [0.15, 0.2) is 84.9 Å². The van der Waals surface area contributed by atoms with Crippen LogP contribution in [0.5, 0.6) is 0 Å². The highest BCUT2D eigenvalue weighted by Gasteiger charge is 2.35. The Kier molecular flexibility index (Phi) is 12.4. The molecule has 0 spiro atoms. The number of non-ortho nitro benzene ring substituents is 1. The maximum atomic E-state index is 13.8. The average Bonchev–Trinajstić information content (AvgIpc) is 3.03. The number of urea groups is 1. The van der Waals surface area contributed by atoms with E-state index in [0.29, 0.717) is 31.6 Å². The zero-order valence-electron chi connectivity index (χ0n) is 26.1. The minimum atomic E-state index is -0.943. The third-order valence-corrected chi connectivity index (χ3v) is 8.18. The Morgan fingerprint density at radius 2 is 1.59 bits per heavy atom. The molecule has 1 aliphatic rings. The van der Waals surface area contributed by atoms with Crippen molar-refractivity contribution in [2.45, 2.75) is 63.8 Å². The smallest absolute Gasteiger partial charge is 0.318 e. The number of anilines is 1. The van der Waals surface area contributed by atoms with Crippen LogP contribution in [-0.4, -0.2) is 69.3 Å². The minimum absolute atomic E-state index is 0.0334. The number of aliphatic hydroxyl groups is 1. The Morgan fingerprint density at radius 3 is 2.15 bits per heavy atom. The van der Waals surface area contributed by atoms with Crippen molar-refractivity contribution in [2.75, 3.05) is 18.4 Å². The number of carbonyl (C=O) groups is 2. The molecule has 3 aromatic rings. The van der Waals surface area contributed by atoms with Gasteiger partial charge in [0.25, 0.3) is 5.69 Å². The standard InChI is InChI=1S/C34H42N6O5S/c1-23(2)31(39-19-9-18-35-34(39)43)32(42)36-27(20-24-10-5-3-6-11-24)22-30(41)29(21-25-12-7-4-8-13-25)38-33(46)37-26-14-16-28(17-15-26)40(44)45/h3-8,10-17,23,27,29-31,41H,9,18-22H2,1-2H3,(H,35,43)(H,36,42)(H2,37,38,46)/t27-,29?,30-,31-/m0/s1. The lowest BCUT2D eigenvalue weighted by atomic mass is 9.93. The molecule has 1 fully saturated rings. The van der Waals surface area contributed by atoms with Crippen LogP contribution in [0.25, 0.3) is 0 Å². The van der Waals surface area contributed by atoms with Crippen LogP contribution in [0.2, 0.25) is 0 Å². The van der Waals surface area contributed by atoms with Crippen LogP contribution in [0.4, 0.5) is 16.2 Å². The maximum Gasteiger partial charge on any atom is 0.318 e. The van der Waals surface area contributed by atoms with Crippen molar-refractivity contribution >= 4 is 40.6 Å². The number of nitrogens with zero attached hydrogens (tertiary/aromatic N) is 2. The van der Waals surface area contributed by atoms with E-state index in [4.69, 9.17) is 12.2 Å². The number of hydrogen-bond donors (Lipinski definition) is 5. The highest BCUT2D eigenvalue weighted by Crippen LogP contribution is 2.19. The summed E-state index contributed by atoms with van der Waals surface area (Å²) < 4.78 is 0. The number of carbonyl (C=O) groups excluding carboxylic acids is 2. The van der Waals surface area contributed by atoms with Gasteiger partial charge >= 0.3 is 6.03 Å². The quantitative estimate of drug-likeness (QED) is 0.0983. The number of rotatable bonds is 14. The normalized spacial score (nSPS) is 15.7. The summed E-state index contributed by atoms with van der Waals surface area (Å²) in [6.07, 6.45) is 0.946. The zero-order valence-corrected chi connectivity index (χ0v) is 26.9. The van der Waals surface area contributed by atoms with E-state index >= 15 is 0 Å². The Morgan fingerprint density at radius 1 is 0.978 bits per heavy atom. The number of aliphatic hydroxyl groups excluding tert-OH is 1. The highest BCUT2D eigenvalue weighted by molar-refractivity contribution is 7.80. The van der Waals surface area contributed by atoms with E-state index in [0.717, 1.165) is 17.5 Å². The number of amides is 3. The second-order valence-corrected chi connectivity index (χ2v) is 12.3. The van der Waals surface area contributed by atoms with Crippen molar-refractivity contribution in [2.24, 2.45) is 5.92 Å². The number of nitro groups is 1. The molecule has 0 radical (unpaired) electrons. The fraction of sp³-hybridized carbons (Fsp3) is 0.382.